The molecule has 3 N–H and O–H groups in total. The smallest absolute Gasteiger partial charge is 0.223 e. The van der Waals surface area contributed by atoms with Crippen molar-refractivity contribution in [1.29, 1.82) is 0 Å². The van der Waals surface area contributed by atoms with Gasteiger partial charge in [-0.25, -0.2) is 0 Å². The molecule has 0 aromatic rings. The Bertz CT molecular complexity index is 346. The molecule has 2 aliphatic heterocycles. The number of nitrogens with zero attached hydrogens (tertiary/aromatic N) is 1. The molecule has 0 aromatic carbocycles. The first-order chi connectivity index (χ1) is 9.63. The van der Waals surface area contributed by atoms with Crippen LogP contribution in [0.1, 0.15) is 64.2 Å². The summed E-state index contributed by atoms with van der Waals surface area (Å²) in [7, 11) is 0. The summed E-state index contributed by atoms with van der Waals surface area (Å²) in [4.78, 5) is 14.6. The van der Waals surface area contributed by atoms with Gasteiger partial charge in [0.15, 0.2) is 0 Å². The molecule has 2 heterocycles. The maximum Gasteiger partial charge on any atom is 0.223 e. The molecule has 3 aliphatic rings. The molecule has 1 saturated carbocycles. The van der Waals surface area contributed by atoms with Gasteiger partial charge in [-0.15, -0.1) is 0 Å². The Hall–Kier alpha value is -0.610. The highest BCUT2D eigenvalue weighted by Crippen LogP contribution is 2.37. The first-order valence-corrected chi connectivity index (χ1v) is 8.38. The lowest BCUT2D eigenvalue weighted by Gasteiger charge is -2.37. The number of amides is 1. The lowest BCUT2D eigenvalue weighted by Crippen LogP contribution is -2.48. The van der Waals surface area contributed by atoms with Crippen LogP contribution in [0.15, 0.2) is 0 Å². The van der Waals surface area contributed by atoms with Crippen molar-refractivity contribution in [2.45, 2.75) is 88.4 Å². The molecule has 4 nitrogen and oxygen atoms in total. The maximum atomic E-state index is 12.5. The molecule has 0 radical (unpaired) electrons. The van der Waals surface area contributed by atoms with E-state index in [1.807, 2.05) is 0 Å². The zero-order valence-electron chi connectivity index (χ0n) is 12.3. The fourth-order valence-corrected chi connectivity index (χ4v) is 4.61. The molecule has 3 fully saturated rings. The van der Waals surface area contributed by atoms with Gasteiger partial charge in [0.05, 0.1) is 6.10 Å². The van der Waals surface area contributed by atoms with Gasteiger partial charge in [-0.2, -0.15) is 0 Å². The summed E-state index contributed by atoms with van der Waals surface area (Å²) in [5.41, 5.74) is 6.02. The molecular formula is C16H28N2O2. The van der Waals surface area contributed by atoms with Crippen molar-refractivity contribution in [2.24, 2.45) is 11.7 Å². The molecule has 4 unspecified atom stereocenters. The third-order valence-corrected chi connectivity index (χ3v) is 5.59. The van der Waals surface area contributed by atoms with Gasteiger partial charge in [0, 0.05) is 24.5 Å². The Morgan fingerprint density at radius 1 is 1.10 bits per heavy atom. The van der Waals surface area contributed by atoms with Gasteiger partial charge in [-0.1, -0.05) is 12.8 Å². The van der Waals surface area contributed by atoms with Gasteiger partial charge in [0.1, 0.15) is 0 Å². The average Bonchev–Trinajstić information content (AvgIpc) is 2.68. The molecule has 3 rings (SSSR count). The van der Waals surface area contributed by atoms with E-state index in [0.29, 0.717) is 36.4 Å². The van der Waals surface area contributed by atoms with Gasteiger partial charge in [0.2, 0.25) is 5.91 Å². The number of hydrogen-bond donors (Lipinski definition) is 2. The van der Waals surface area contributed by atoms with Gasteiger partial charge >= 0.3 is 0 Å². The lowest BCUT2D eigenvalue weighted by molar-refractivity contribution is -0.137. The SMILES string of the molecule is NC1CCCC(CCC(=O)N2C3CCC2CC(O)C3)C1. The second kappa shape index (κ2) is 6.02. The highest BCUT2D eigenvalue weighted by atomic mass is 16.3. The summed E-state index contributed by atoms with van der Waals surface area (Å²) in [6, 6.07) is 0.972. The first-order valence-electron chi connectivity index (χ1n) is 8.38. The van der Waals surface area contributed by atoms with E-state index in [9.17, 15) is 9.90 Å². The lowest BCUT2D eigenvalue weighted by atomic mass is 9.83. The van der Waals surface area contributed by atoms with Crippen molar-refractivity contribution in [1.82, 2.24) is 4.90 Å². The standard InChI is InChI=1S/C16H28N2O2/c17-12-3-1-2-11(8-12)4-7-16(20)18-13-5-6-14(18)10-15(19)9-13/h11-15,19H,1-10,17H2. The Labute approximate surface area is 121 Å². The van der Waals surface area contributed by atoms with Crippen LogP contribution >= 0.6 is 0 Å². The molecule has 2 bridgehead atoms. The molecule has 4 atom stereocenters. The summed E-state index contributed by atoms with van der Waals surface area (Å²) in [5.74, 6) is 0.972. The number of fused-ring (bicyclic) bond motifs is 2. The second-order valence-corrected chi connectivity index (χ2v) is 7.14. The summed E-state index contributed by atoms with van der Waals surface area (Å²) in [6.07, 6.45) is 9.96. The topological polar surface area (TPSA) is 66.6 Å². The summed E-state index contributed by atoms with van der Waals surface area (Å²) >= 11 is 0. The fraction of sp³-hybridized carbons (Fsp3) is 0.938. The van der Waals surface area contributed by atoms with Gasteiger partial charge in [-0.05, 0) is 50.9 Å². The van der Waals surface area contributed by atoms with E-state index < -0.39 is 0 Å². The number of nitrogens with two attached hydrogens (primary N) is 1. The van der Waals surface area contributed by atoms with Crippen LogP contribution in [0.5, 0.6) is 0 Å². The maximum absolute atomic E-state index is 12.5. The van der Waals surface area contributed by atoms with Crippen LogP contribution < -0.4 is 5.73 Å². The third-order valence-electron chi connectivity index (χ3n) is 5.59. The van der Waals surface area contributed by atoms with E-state index in [0.717, 1.165) is 44.9 Å². The summed E-state index contributed by atoms with van der Waals surface area (Å²) in [5, 5.41) is 9.80. The average molecular weight is 280 g/mol. The minimum atomic E-state index is -0.187. The van der Waals surface area contributed by atoms with Crippen LogP contribution in [0.2, 0.25) is 0 Å². The summed E-state index contributed by atoms with van der Waals surface area (Å²) in [6.45, 7) is 0. The van der Waals surface area contributed by atoms with Crippen LogP contribution in [-0.4, -0.2) is 40.1 Å². The molecule has 2 saturated heterocycles. The van der Waals surface area contributed by atoms with E-state index in [2.05, 4.69) is 4.90 Å². The molecule has 1 amide bonds. The Morgan fingerprint density at radius 3 is 2.45 bits per heavy atom. The zero-order chi connectivity index (χ0) is 14.1. The molecule has 0 spiro atoms. The minimum absolute atomic E-state index is 0.187. The van der Waals surface area contributed by atoms with E-state index >= 15 is 0 Å². The Kier molecular flexibility index (Phi) is 4.32. The van der Waals surface area contributed by atoms with Gasteiger partial charge in [0.25, 0.3) is 0 Å². The van der Waals surface area contributed by atoms with E-state index in [-0.39, 0.29) is 6.10 Å². The molecule has 0 aromatic heterocycles. The molecule has 4 heteroatoms. The number of rotatable bonds is 3. The van der Waals surface area contributed by atoms with Crippen LogP contribution in [0.3, 0.4) is 0 Å². The van der Waals surface area contributed by atoms with Crippen molar-refractivity contribution in [3.05, 3.63) is 0 Å². The van der Waals surface area contributed by atoms with Crippen LogP contribution in [0, 0.1) is 5.92 Å². The number of aliphatic hydroxyl groups is 1. The summed E-state index contributed by atoms with van der Waals surface area (Å²) < 4.78 is 0. The Morgan fingerprint density at radius 2 is 1.80 bits per heavy atom. The molecular weight excluding hydrogens is 252 g/mol. The second-order valence-electron chi connectivity index (χ2n) is 7.14. The van der Waals surface area contributed by atoms with Crippen molar-refractivity contribution in [3.63, 3.8) is 0 Å². The van der Waals surface area contributed by atoms with E-state index in [1.54, 1.807) is 0 Å². The quantitative estimate of drug-likeness (QED) is 0.828. The number of aliphatic hydroxyl groups excluding tert-OH is 1. The van der Waals surface area contributed by atoms with Crippen molar-refractivity contribution < 1.29 is 9.90 Å². The zero-order valence-corrected chi connectivity index (χ0v) is 12.3. The van der Waals surface area contributed by atoms with Crippen LogP contribution in [-0.2, 0) is 4.79 Å². The highest BCUT2D eigenvalue weighted by molar-refractivity contribution is 5.77. The Balaban J connectivity index is 1.50. The number of carbonyl (C=O) groups is 1. The first kappa shape index (κ1) is 14.3. The molecule has 20 heavy (non-hydrogen) atoms. The van der Waals surface area contributed by atoms with Crippen LogP contribution in [0.25, 0.3) is 0 Å². The van der Waals surface area contributed by atoms with Gasteiger partial charge < -0.3 is 15.7 Å². The predicted molar refractivity (Wildman–Crippen MR) is 78.1 cm³/mol. The largest absolute Gasteiger partial charge is 0.393 e. The highest BCUT2D eigenvalue weighted by Gasteiger charge is 2.42. The van der Waals surface area contributed by atoms with Crippen LogP contribution in [0.4, 0.5) is 0 Å². The third kappa shape index (κ3) is 3.01. The van der Waals surface area contributed by atoms with Crippen molar-refractivity contribution >= 4 is 5.91 Å². The van der Waals surface area contributed by atoms with E-state index in [4.69, 9.17) is 5.73 Å². The predicted octanol–water partition coefficient (Wildman–Crippen LogP) is 1.80. The van der Waals surface area contributed by atoms with E-state index in [1.165, 1.54) is 12.8 Å². The van der Waals surface area contributed by atoms with Crippen molar-refractivity contribution in [3.8, 4) is 0 Å². The number of piperidine rings is 1. The van der Waals surface area contributed by atoms with Gasteiger partial charge in [-0.3, -0.25) is 4.79 Å². The van der Waals surface area contributed by atoms with Crippen molar-refractivity contribution in [2.75, 3.05) is 0 Å². The monoisotopic (exact) mass is 280 g/mol. The molecule has 1 aliphatic carbocycles. The number of hydrogen-bond acceptors (Lipinski definition) is 3. The minimum Gasteiger partial charge on any atom is -0.393 e. The number of carbonyl (C=O) groups excluding carboxylic acids is 1. The molecule has 114 valence electrons. The fourth-order valence-electron chi connectivity index (χ4n) is 4.61. The normalized spacial score (nSPS) is 40.9.